The van der Waals surface area contributed by atoms with Gasteiger partial charge in [-0.05, 0) is 18.6 Å². The van der Waals surface area contributed by atoms with E-state index in [2.05, 4.69) is 10.6 Å². The number of nitro benzene ring substituents is 2. The van der Waals surface area contributed by atoms with Crippen molar-refractivity contribution in [1.82, 2.24) is 0 Å². The van der Waals surface area contributed by atoms with Crippen LogP contribution in [0.15, 0.2) is 36.4 Å². The van der Waals surface area contributed by atoms with Crippen LogP contribution in [0.3, 0.4) is 0 Å². The maximum absolute atomic E-state index is 12.0. The maximum atomic E-state index is 12.0. The summed E-state index contributed by atoms with van der Waals surface area (Å²) in [4.78, 5) is 57.2. The van der Waals surface area contributed by atoms with Crippen molar-refractivity contribution >= 4 is 40.5 Å². The van der Waals surface area contributed by atoms with E-state index in [1.54, 1.807) is 0 Å². The van der Waals surface area contributed by atoms with Crippen LogP contribution in [-0.2, 0) is 9.53 Å². The highest BCUT2D eigenvalue weighted by Gasteiger charge is 2.24. The van der Waals surface area contributed by atoms with Crippen molar-refractivity contribution in [3.05, 3.63) is 67.8 Å². The van der Waals surface area contributed by atoms with Crippen LogP contribution in [-0.4, -0.2) is 72.3 Å². The second kappa shape index (κ2) is 16.7. The summed E-state index contributed by atoms with van der Waals surface area (Å²) in [6, 6.07) is 4.31. The molecule has 0 unspecified atom stereocenters. The highest BCUT2D eigenvalue weighted by Crippen LogP contribution is 2.37. The van der Waals surface area contributed by atoms with Gasteiger partial charge in [-0.3, -0.25) is 29.8 Å². The summed E-state index contributed by atoms with van der Waals surface area (Å²) < 4.78 is 15.8. The number of nitrogens with two attached hydrogens (primary N) is 2. The van der Waals surface area contributed by atoms with Crippen molar-refractivity contribution in [3.8, 4) is 11.5 Å². The average molecular weight is 605 g/mol. The van der Waals surface area contributed by atoms with Crippen LogP contribution < -0.4 is 31.6 Å². The molecule has 17 heteroatoms. The van der Waals surface area contributed by atoms with E-state index in [4.69, 9.17) is 30.8 Å². The fraction of sp³-hybridized carbons (Fsp3) is 0.346. The van der Waals surface area contributed by atoms with Crippen molar-refractivity contribution in [3.63, 3.8) is 0 Å². The number of nitro groups is 2. The Bertz CT molecular complexity index is 1380. The molecule has 2 aromatic carbocycles. The number of hydrogen-bond acceptors (Lipinski definition) is 13. The van der Waals surface area contributed by atoms with E-state index in [-0.39, 0.29) is 60.3 Å². The largest absolute Gasteiger partial charge is 0.489 e. The number of nitrogens with zero attached hydrogens (tertiary/aromatic N) is 2. The van der Waals surface area contributed by atoms with Crippen LogP contribution in [0.1, 0.15) is 40.5 Å². The highest BCUT2D eigenvalue weighted by atomic mass is 16.6. The Morgan fingerprint density at radius 3 is 1.77 bits per heavy atom. The summed E-state index contributed by atoms with van der Waals surface area (Å²) in [5.74, 6) is -2.83. The molecule has 0 saturated heterocycles. The van der Waals surface area contributed by atoms with Gasteiger partial charge in [-0.15, -0.1) is 0 Å². The number of aliphatic hydroxyl groups is 1. The van der Waals surface area contributed by atoms with E-state index in [0.717, 1.165) is 24.6 Å². The molecule has 2 rings (SSSR count). The standard InChI is InChI=1S/C26H32N6O11/c1-2-3-9-42-22(34)15-43-21-14-17(26(28)36)12-19(32(39)40)24(21)30-7-5-4-6-29-23-18(31(37)38)11-16(25(27)35)13-20(23)41-10-8-33/h4-5,11-14,29-30,33H,2-3,6-10,15H2,1H3,(H2,27,35)(H2,28,36)/b5-4+. The summed E-state index contributed by atoms with van der Waals surface area (Å²) in [6.07, 6.45) is 4.50. The van der Waals surface area contributed by atoms with Crippen molar-refractivity contribution in [2.75, 3.05) is 50.2 Å². The molecule has 232 valence electrons. The Morgan fingerprint density at radius 1 is 0.860 bits per heavy atom. The lowest BCUT2D eigenvalue weighted by Gasteiger charge is -2.14. The van der Waals surface area contributed by atoms with Gasteiger partial charge in [-0.2, -0.15) is 0 Å². The number of benzene rings is 2. The van der Waals surface area contributed by atoms with Gasteiger partial charge in [0.05, 0.1) is 23.1 Å². The monoisotopic (exact) mass is 604 g/mol. The summed E-state index contributed by atoms with van der Waals surface area (Å²) in [7, 11) is 0. The first-order valence-electron chi connectivity index (χ1n) is 12.9. The third-order valence-corrected chi connectivity index (χ3v) is 5.54. The number of rotatable bonds is 19. The van der Waals surface area contributed by atoms with E-state index in [9.17, 15) is 34.6 Å². The van der Waals surface area contributed by atoms with Gasteiger partial charge in [-0.1, -0.05) is 25.5 Å². The minimum Gasteiger partial charge on any atom is -0.489 e. The van der Waals surface area contributed by atoms with Crippen LogP contribution in [0.4, 0.5) is 22.7 Å². The molecule has 7 N–H and O–H groups in total. The number of aliphatic hydroxyl groups excluding tert-OH is 1. The Labute approximate surface area is 245 Å². The van der Waals surface area contributed by atoms with Gasteiger partial charge < -0.3 is 41.4 Å². The second-order valence-electron chi connectivity index (χ2n) is 8.65. The number of carbonyl (C=O) groups is 3. The molecule has 0 aromatic heterocycles. The van der Waals surface area contributed by atoms with Crippen molar-refractivity contribution in [1.29, 1.82) is 0 Å². The molecule has 0 heterocycles. The quantitative estimate of drug-likeness (QED) is 0.0505. The zero-order valence-electron chi connectivity index (χ0n) is 23.2. The minimum absolute atomic E-state index is 0.00356. The average Bonchev–Trinajstić information content (AvgIpc) is 2.96. The Hall–Kier alpha value is -5.45. The smallest absolute Gasteiger partial charge is 0.344 e. The number of primary amides is 2. The molecular weight excluding hydrogens is 572 g/mol. The van der Waals surface area contributed by atoms with Gasteiger partial charge >= 0.3 is 5.97 Å². The molecule has 0 saturated carbocycles. The predicted molar refractivity (Wildman–Crippen MR) is 153 cm³/mol. The molecule has 2 amide bonds. The summed E-state index contributed by atoms with van der Waals surface area (Å²) in [6.45, 7) is 0.900. The van der Waals surface area contributed by atoms with E-state index >= 15 is 0 Å². The number of ether oxygens (including phenoxy) is 3. The molecule has 43 heavy (non-hydrogen) atoms. The van der Waals surface area contributed by atoms with Crippen LogP contribution in [0.25, 0.3) is 0 Å². The van der Waals surface area contributed by atoms with Gasteiger partial charge in [0.15, 0.2) is 23.7 Å². The topological polar surface area (TPSA) is 262 Å². The van der Waals surface area contributed by atoms with Gasteiger partial charge in [0.25, 0.3) is 11.4 Å². The van der Waals surface area contributed by atoms with Crippen LogP contribution in [0.5, 0.6) is 11.5 Å². The fourth-order valence-corrected chi connectivity index (χ4v) is 3.51. The molecule has 0 fully saturated rings. The summed E-state index contributed by atoms with van der Waals surface area (Å²) in [5, 5.41) is 38.0. The van der Waals surface area contributed by atoms with E-state index in [1.807, 2.05) is 6.92 Å². The lowest BCUT2D eigenvalue weighted by atomic mass is 10.1. The zero-order valence-corrected chi connectivity index (χ0v) is 23.2. The number of unbranched alkanes of at least 4 members (excludes halogenated alkanes) is 1. The van der Waals surface area contributed by atoms with Crippen molar-refractivity contribution in [2.45, 2.75) is 19.8 Å². The number of anilines is 2. The molecule has 0 radical (unpaired) electrons. The first kappa shape index (κ1) is 33.8. The van der Waals surface area contributed by atoms with Gasteiger partial charge in [-0.25, -0.2) is 4.79 Å². The van der Waals surface area contributed by atoms with Crippen LogP contribution in [0, 0.1) is 20.2 Å². The molecule has 0 spiro atoms. The van der Waals surface area contributed by atoms with E-state index in [0.29, 0.717) is 6.42 Å². The number of esters is 1. The normalized spacial score (nSPS) is 10.7. The Kier molecular flexibility index (Phi) is 13.1. The number of carbonyl (C=O) groups excluding carboxylic acids is 3. The number of hydrogen-bond donors (Lipinski definition) is 5. The lowest BCUT2D eigenvalue weighted by Crippen LogP contribution is -2.18. The highest BCUT2D eigenvalue weighted by molar-refractivity contribution is 5.96. The fourth-order valence-electron chi connectivity index (χ4n) is 3.51. The van der Waals surface area contributed by atoms with E-state index < -0.39 is 52.2 Å². The number of nitrogens with one attached hydrogen (secondary N) is 2. The maximum Gasteiger partial charge on any atom is 0.344 e. The van der Waals surface area contributed by atoms with E-state index in [1.165, 1.54) is 18.2 Å². The minimum atomic E-state index is -0.948. The number of amides is 2. The van der Waals surface area contributed by atoms with Crippen molar-refractivity contribution < 1.29 is 43.5 Å². The first-order valence-corrected chi connectivity index (χ1v) is 12.9. The predicted octanol–water partition coefficient (Wildman–Crippen LogP) is 1.87. The molecular formula is C26H32N6O11. The molecule has 0 aliphatic heterocycles. The van der Waals surface area contributed by atoms with Crippen LogP contribution in [0.2, 0.25) is 0 Å². The Morgan fingerprint density at radius 2 is 1.35 bits per heavy atom. The molecule has 2 aromatic rings. The third kappa shape index (κ3) is 10.2. The second-order valence-corrected chi connectivity index (χ2v) is 8.65. The Balaban J connectivity index is 2.22. The first-order chi connectivity index (χ1) is 20.5. The summed E-state index contributed by atoms with van der Waals surface area (Å²) >= 11 is 0. The zero-order chi connectivity index (χ0) is 31.9. The van der Waals surface area contributed by atoms with Gasteiger partial charge in [0.2, 0.25) is 11.8 Å². The molecule has 0 aliphatic carbocycles. The molecule has 0 atom stereocenters. The van der Waals surface area contributed by atoms with Gasteiger partial charge in [0.1, 0.15) is 12.4 Å². The van der Waals surface area contributed by atoms with Crippen molar-refractivity contribution in [2.24, 2.45) is 11.5 Å². The summed E-state index contributed by atoms with van der Waals surface area (Å²) in [5.41, 5.74) is 8.95. The SMILES string of the molecule is CCCCOC(=O)COc1cc(C(N)=O)cc([N+](=O)[O-])c1NC/C=C/CNc1c(OCCO)cc(C(N)=O)cc1[N+](=O)[O-]. The third-order valence-electron chi connectivity index (χ3n) is 5.54. The molecule has 17 nitrogen and oxygen atoms in total. The lowest BCUT2D eigenvalue weighted by molar-refractivity contribution is -0.384. The molecule has 0 bridgehead atoms. The molecule has 0 aliphatic rings. The van der Waals surface area contributed by atoms with Crippen LogP contribution >= 0.6 is 0 Å². The van der Waals surface area contributed by atoms with Gasteiger partial charge in [0, 0.05) is 36.3 Å².